The molecule has 0 bridgehead atoms. The van der Waals surface area contributed by atoms with Crippen molar-refractivity contribution in [3.8, 4) is 5.75 Å². The summed E-state index contributed by atoms with van der Waals surface area (Å²) in [4.78, 5) is 25.1. The van der Waals surface area contributed by atoms with Crippen LogP contribution in [0.3, 0.4) is 0 Å². The van der Waals surface area contributed by atoms with Gasteiger partial charge in [0.05, 0.1) is 17.1 Å². The summed E-state index contributed by atoms with van der Waals surface area (Å²) in [6.07, 6.45) is 2.60. The number of ether oxygens (including phenoxy) is 1. The van der Waals surface area contributed by atoms with Gasteiger partial charge in [-0.05, 0) is 37.7 Å². The normalized spacial score (nSPS) is 20.3. The molecular formula is C20H23F2N3O4. The number of carbonyl (C=O) groups is 1. The third kappa shape index (κ3) is 3.43. The van der Waals surface area contributed by atoms with Gasteiger partial charge in [-0.15, -0.1) is 0 Å². The summed E-state index contributed by atoms with van der Waals surface area (Å²) < 4.78 is 36.6. The van der Waals surface area contributed by atoms with E-state index in [1.54, 1.807) is 4.90 Å². The topological polar surface area (TPSA) is 97.8 Å². The number of carboxylic acid groups (broad SMARTS) is 1. The predicted octanol–water partition coefficient (Wildman–Crippen LogP) is 3.24. The van der Waals surface area contributed by atoms with Gasteiger partial charge in [0, 0.05) is 25.2 Å². The van der Waals surface area contributed by atoms with Crippen molar-refractivity contribution in [3.05, 3.63) is 34.1 Å². The third-order valence-electron chi connectivity index (χ3n) is 5.91. The Hall–Kier alpha value is -2.68. The number of benzene rings is 1. The summed E-state index contributed by atoms with van der Waals surface area (Å²) >= 11 is 0. The Labute approximate surface area is 165 Å². The van der Waals surface area contributed by atoms with Crippen LogP contribution in [0.2, 0.25) is 0 Å². The Balaban J connectivity index is 1.86. The molecule has 1 aromatic heterocycles. The van der Waals surface area contributed by atoms with Gasteiger partial charge in [0.25, 0.3) is 0 Å². The number of anilines is 1. The first-order valence-corrected chi connectivity index (χ1v) is 9.80. The van der Waals surface area contributed by atoms with Gasteiger partial charge in [-0.1, -0.05) is 6.92 Å². The Kier molecular flexibility index (Phi) is 4.94. The molecule has 0 radical (unpaired) electrons. The second-order valence-corrected chi connectivity index (χ2v) is 7.81. The Morgan fingerprint density at radius 3 is 2.72 bits per heavy atom. The quantitative estimate of drug-likeness (QED) is 0.739. The van der Waals surface area contributed by atoms with E-state index in [-0.39, 0.29) is 34.6 Å². The molecule has 1 aliphatic carbocycles. The number of nitrogens with two attached hydrogens (primary N) is 1. The summed E-state index contributed by atoms with van der Waals surface area (Å²) in [5, 5.41) is 8.63. The van der Waals surface area contributed by atoms with E-state index >= 15 is 4.39 Å². The van der Waals surface area contributed by atoms with Gasteiger partial charge in [-0.3, -0.25) is 4.79 Å². The Bertz CT molecular complexity index is 1030. The van der Waals surface area contributed by atoms with Gasteiger partial charge in [0.1, 0.15) is 11.5 Å². The molecule has 2 fully saturated rings. The van der Waals surface area contributed by atoms with Crippen LogP contribution < -0.4 is 20.8 Å². The first-order chi connectivity index (χ1) is 13.8. The Morgan fingerprint density at radius 2 is 2.10 bits per heavy atom. The molecule has 2 atom stereocenters. The fourth-order valence-electron chi connectivity index (χ4n) is 4.18. The molecule has 2 aromatic rings. The molecule has 3 N–H and O–H groups in total. The first kappa shape index (κ1) is 19.6. The highest BCUT2D eigenvalue weighted by molar-refractivity contribution is 5.86. The molecule has 29 heavy (non-hydrogen) atoms. The van der Waals surface area contributed by atoms with E-state index in [1.807, 2.05) is 6.92 Å². The highest BCUT2D eigenvalue weighted by atomic mass is 19.1. The predicted molar refractivity (Wildman–Crippen MR) is 104 cm³/mol. The fourth-order valence-corrected chi connectivity index (χ4v) is 4.18. The maximum Gasteiger partial charge on any atom is 0.511 e. The van der Waals surface area contributed by atoms with Gasteiger partial charge in [-0.25, -0.2) is 13.6 Å². The number of fused-ring (bicyclic) bond motifs is 1. The van der Waals surface area contributed by atoms with Crippen LogP contribution in [-0.2, 0) is 0 Å². The molecule has 2 unspecified atom stereocenters. The van der Waals surface area contributed by atoms with Crippen molar-refractivity contribution in [2.45, 2.75) is 44.7 Å². The lowest BCUT2D eigenvalue weighted by molar-refractivity contribution is 0.143. The van der Waals surface area contributed by atoms with E-state index in [9.17, 15) is 14.0 Å². The fraction of sp³-hybridized carbons (Fsp3) is 0.500. The molecule has 9 heteroatoms. The largest absolute Gasteiger partial charge is 0.511 e. The van der Waals surface area contributed by atoms with E-state index in [0.29, 0.717) is 13.1 Å². The second-order valence-electron chi connectivity index (χ2n) is 7.81. The highest BCUT2D eigenvalue weighted by Crippen LogP contribution is 2.41. The lowest BCUT2D eigenvalue weighted by atomic mass is 9.98. The van der Waals surface area contributed by atoms with Gasteiger partial charge < -0.3 is 25.0 Å². The van der Waals surface area contributed by atoms with Crippen LogP contribution in [0.4, 0.5) is 19.3 Å². The van der Waals surface area contributed by atoms with Crippen LogP contribution in [0.1, 0.15) is 38.6 Å². The number of hydrogen-bond donors (Lipinski definition) is 2. The van der Waals surface area contributed by atoms with Crippen LogP contribution in [0, 0.1) is 17.6 Å². The van der Waals surface area contributed by atoms with Crippen LogP contribution in [0.15, 0.2) is 17.1 Å². The van der Waals surface area contributed by atoms with Crippen LogP contribution in [0.25, 0.3) is 10.9 Å². The van der Waals surface area contributed by atoms with E-state index in [1.165, 1.54) is 10.8 Å². The van der Waals surface area contributed by atoms with Gasteiger partial charge >= 0.3 is 6.16 Å². The molecule has 1 aromatic carbocycles. The van der Waals surface area contributed by atoms with E-state index in [2.05, 4.69) is 4.74 Å². The van der Waals surface area contributed by atoms with Gasteiger partial charge in [-0.2, -0.15) is 0 Å². The molecule has 7 nitrogen and oxygen atoms in total. The van der Waals surface area contributed by atoms with Gasteiger partial charge in [0.15, 0.2) is 11.6 Å². The average Bonchev–Trinajstić information content (AvgIpc) is 3.41. The minimum Gasteiger partial charge on any atom is -0.449 e. The molecule has 1 aliphatic heterocycles. The van der Waals surface area contributed by atoms with Crippen molar-refractivity contribution in [3.63, 3.8) is 0 Å². The van der Waals surface area contributed by atoms with Crippen molar-refractivity contribution in [2.24, 2.45) is 11.7 Å². The smallest absolute Gasteiger partial charge is 0.449 e. The number of hydrogen-bond acceptors (Lipinski definition) is 5. The minimum absolute atomic E-state index is 0.0186. The zero-order valence-electron chi connectivity index (χ0n) is 16.0. The SMILES string of the molecule is CCC(N)C1CCN(c2c(F)cc3c(=O)c(OC(=O)O)cn(C4CC4)c3c2F)C1. The molecule has 1 saturated carbocycles. The minimum atomic E-state index is -1.66. The number of aromatic nitrogens is 1. The maximum absolute atomic E-state index is 15.6. The van der Waals surface area contributed by atoms with Crippen LogP contribution in [0.5, 0.6) is 5.75 Å². The average molecular weight is 407 g/mol. The number of rotatable bonds is 5. The van der Waals surface area contributed by atoms with Gasteiger partial charge in [0.2, 0.25) is 5.43 Å². The van der Waals surface area contributed by atoms with Crippen molar-refractivity contribution in [2.75, 3.05) is 18.0 Å². The summed E-state index contributed by atoms with van der Waals surface area (Å²) in [5.74, 6) is -1.98. The van der Waals surface area contributed by atoms with E-state index in [4.69, 9.17) is 10.8 Å². The van der Waals surface area contributed by atoms with E-state index < -0.39 is 29.0 Å². The third-order valence-corrected chi connectivity index (χ3v) is 5.91. The zero-order chi connectivity index (χ0) is 20.9. The summed E-state index contributed by atoms with van der Waals surface area (Å²) in [7, 11) is 0. The van der Waals surface area contributed by atoms with Crippen molar-refractivity contribution < 1.29 is 23.4 Å². The number of nitrogens with zero attached hydrogens (tertiary/aromatic N) is 2. The van der Waals surface area contributed by atoms with Crippen molar-refractivity contribution in [1.29, 1.82) is 0 Å². The number of pyridine rings is 1. The van der Waals surface area contributed by atoms with Crippen molar-refractivity contribution >= 4 is 22.7 Å². The molecular weight excluding hydrogens is 384 g/mol. The molecule has 4 rings (SSSR count). The second kappa shape index (κ2) is 7.29. The number of halogens is 2. The summed E-state index contributed by atoms with van der Waals surface area (Å²) in [6, 6.07) is 0.866. The monoisotopic (exact) mass is 407 g/mol. The van der Waals surface area contributed by atoms with E-state index in [0.717, 1.165) is 31.7 Å². The standard InChI is InChI=1S/C20H23F2N3O4/c1-2-14(23)10-5-6-24(8-10)18-13(21)7-12-17(16(18)22)25(11-3-4-11)9-15(19(12)26)29-20(27)28/h7,9-11,14H,2-6,8,23H2,1H3,(H,27,28). The summed E-state index contributed by atoms with van der Waals surface area (Å²) in [6.45, 7) is 2.91. The van der Waals surface area contributed by atoms with Crippen LogP contribution in [-0.4, -0.2) is 35.0 Å². The zero-order valence-corrected chi connectivity index (χ0v) is 16.0. The maximum atomic E-state index is 15.6. The molecule has 2 aliphatic rings. The molecule has 0 amide bonds. The molecule has 0 spiro atoms. The first-order valence-electron chi connectivity index (χ1n) is 9.80. The summed E-state index contributed by atoms with van der Waals surface area (Å²) in [5.41, 5.74) is 5.08. The molecule has 1 saturated heterocycles. The molecule has 2 heterocycles. The lowest BCUT2D eigenvalue weighted by Crippen LogP contribution is -2.32. The van der Waals surface area contributed by atoms with Crippen LogP contribution >= 0.6 is 0 Å². The highest BCUT2D eigenvalue weighted by Gasteiger charge is 2.33. The lowest BCUT2D eigenvalue weighted by Gasteiger charge is -2.23. The Morgan fingerprint density at radius 1 is 1.38 bits per heavy atom. The molecule has 156 valence electrons. The van der Waals surface area contributed by atoms with Crippen molar-refractivity contribution in [1.82, 2.24) is 4.57 Å².